The molecule has 5 heteroatoms. The molecule has 1 aliphatic heterocycles. The van der Waals surface area contributed by atoms with E-state index in [2.05, 4.69) is 41.3 Å². The van der Waals surface area contributed by atoms with E-state index >= 15 is 0 Å². The highest BCUT2D eigenvalue weighted by atomic mass is 32.2. The van der Waals surface area contributed by atoms with Gasteiger partial charge in [-0.05, 0) is 31.0 Å². The van der Waals surface area contributed by atoms with E-state index in [0.29, 0.717) is 12.1 Å². The van der Waals surface area contributed by atoms with Crippen molar-refractivity contribution >= 4 is 22.8 Å². The molecule has 19 heavy (non-hydrogen) atoms. The number of H-pyrrole nitrogens is 2. The Balaban J connectivity index is 1.77. The zero-order valence-corrected chi connectivity index (χ0v) is 12.0. The number of fused-ring (bicyclic) bond motifs is 1. The fourth-order valence-corrected chi connectivity index (χ4v) is 3.86. The van der Waals surface area contributed by atoms with Crippen molar-refractivity contribution in [2.75, 3.05) is 5.75 Å². The van der Waals surface area contributed by atoms with Gasteiger partial charge in [-0.3, -0.25) is 0 Å². The van der Waals surface area contributed by atoms with Crippen molar-refractivity contribution < 1.29 is 0 Å². The highest BCUT2D eigenvalue weighted by Crippen LogP contribution is 2.28. The van der Waals surface area contributed by atoms with Gasteiger partial charge in [0, 0.05) is 23.1 Å². The van der Waals surface area contributed by atoms with E-state index in [1.807, 2.05) is 17.8 Å². The minimum atomic E-state index is -0.145. The lowest BCUT2D eigenvalue weighted by molar-refractivity contribution is 0.474. The van der Waals surface area contributed by atoms with Crippen molar-refractivity contribution in [1.82, 2.24) is 15.3 Å². The molecule has 3 N–H and O–H groups in total. The predicted molar refractivity (Wildman–Crippen MR) is 80.8 cm³/mol. The van der Waals surface area contributed by atoms with Gasteiger partial charge in [0.15, 0.2) is 0 Å². The van der Waals surface area contributed by atoms with E-state index in [4.69, 9.17) is 0 Å². The summed E-state index contributed by atoms with van der Waals surface area (Å²) in [5.74, 6) is 1.19. The molecule has 4 nitrogen and oxygen atoms in total. The maximum absolute atomic E-state index is 11.3. The summed E-state index contributed by atoms with van der Waals surface area (Å²) in [5.41, 5.74) is 2.82. The molecule has 1 aliphatic rings. The van der Waals surface area contributed by atoms with Crippen molar-refractivity contribution in [3.8, 4) is 0 Å². The molecule has 1 aromatic heterocycles. The van der Waals surface area contributed by atoms with Crippen LogP contribution >= 0.6 is 11.8 Å². The van der Waals surface area contributed by atoms with Crippen LogP contribution in [0.5, 0.6) is 0 Å². The number of rotatable bonds is 3. The third-order valence-electron chi connectivity index (χ3n) is 3.72. The summed E-state index contributed by atoms with van der Waals surface area (Å²) < 4.78 is 0. The van der Waals surface area contributed by atoms with Gasteiger partial charge in [-0.2, -0.15) is 11.8 Å². The Morgan fingerprint density at radius 3 is 2.89 bits per heavy atom. The minimum Gasteiger partial charge on any atom is -0.307 e. The minimum absolute atomic E-state index is 0.145. The molecule has 102 valence electrons. The molecule has 1 aromatic carbocycles. The van der Waals surface area contributed by atoms with Gasteiger partial charge in [0.05, 0.1) is 11.0 Å². The van der Waals surface area contributed by atoms with Crippen LogP contribution in [0.2, 0.25) is 0 Å². The lowest BCUT2D eigenvalue weighted by atomic mass is 10.1. The molecule has 0 radical (unpaired) electrons. The first-order valence-corrected chi connectivity index (χ1v) is 7.76. The number of hydrogen-bond acceptors (Lipinski definition) is 3. The van der Waals surface area contributed by atoms with Crippen LogP contribution in [-0.2, 0) is 0 Å². The average Bonchev–Trinajstić information content (AvgIpc) is 2.93. The Bertz CT molecular complexity index is 633. The third-order valence-corrected chi connectivity index (χ3v) is 5.08. The molecule has 0 aliphatic carbocycles. The number of aromatic nitrogens is 2. The number of imidazole rings is 1. The molecule has 3 rings (SSSR count). The Labute approximate surface area is 116 Å². The second-order valence-corrected chi connectivity index (χ2v) is 6.82. The first-order chi connectivity index (χ1) is 9.11. The maximum atomic E-state index is 11.3. The van der Waals surface area contributed by atoms with Crippen molar-refractivity contribution in [3.05, 3.63) is 34.2 Å². The Morgan fingerprint density at radius 2 is 2.16 bits per heavy atom. The molecule has 3 atom stereocenters. The Hall–Kier alpha value is -1.20. The lowest BCUT2D eigenvalue weighted by Crippen LogP contribution is -2.31. The van der Waals surface area contributed by atoms with Crippen LogP contribution in [0.1, 0.15) is 31.9 Å². The first-order valence-electron chi connectivity index (χ1n) is 6.71. The fraction of sp³-hybridized carbons (Fsp3) is 0.500. The standard InChI is InChI=1S/C14H19N3OS/c1-8-5-11(7-19-8)15-9(2)10-3-4-12-13(6-10)17-14(18)16-12/h3-4,6,8-9,11,15H,5,7H2,1-2H3,(H2,16,17,18). The molecule has 1 fully saturated rings. The highest BCUT2D eigenvalue weighted by molar-refractivity contribution is 8.00. The predicted octanol–water partition coefficient (Wildman–Crippen LogP) is 2.40. The molecular formula is C14H19N3OS. The van der Waals surface area contributed by atoms with Gasteiger partial charge in [0.1, 0.15) is 0 Å². The van der Waals surface area contributed by atoms with Crippen molar-refractivity contribution in [3.63, 3.8) is 0 Å². The molecule has 2 heterocycles. The van der Waals surface area contributed by atoms with Crippen LogP contribution in [0.4, 0.5) is 0 Å². The monoisotopic (exact) mass is 277 g/mol. The van der Waals surface area contributed by atoms with Crippen LogP contribution in [-0.4, -0.2) is 27.0 Å². The van der Waals surface area contributed by atoms with E-state index in [0.717, 1.165) is 16.3 Å². The number of hydrogen-bond donors (Lipinski definition) is 3. The van der Waals surface area contributed by atoms with E-state index in [1.165, 1.54) is 17.7 Å². The van der Waals surface area contributed by atoms with Gasteiger partial charge in [-0.1, -0.05) is 13.0 Å². The topological polar surface area (TPSA) is 60.7 Å². The molecular weight excluding hydrogens is 258 g/mol. The fourth-order valence-electron chi connectivity index (χ4n) is 2.70. The van der Waals surface area contributed by atoms with Gasteiger partial charge in [0.2, 0.25) is 0 Å². The zero-order chi connectivity index (χ0) is 13.4. The summed E-state index contributed by atoms with van der Waals surface area (Å²) in [6.07, 6.45) is 1.23. The summed E-state index contributed by atoms with van der Waals surface area (Å²) in [5, 5.41) is 4.43. The molecule has 2 aromatic rings. The summed E-state index contributed by atoms with van der Waals surface area (Å²) in [6, 6.07) is 6.99. The molecule has 0 amide bonds. The number of nitrogens with one attached hydrogen (secondary N) is 3. The first kappa shape index (κ1) is 12.8. The van der Waals surface area contributed by atoms with E-state index in [-0.39, 0.29) is 5.69 Å². The Kier molecular flexibility index (Phi) is 3.41. The van der Waals surface area contributed by atoms with Crippen LogP contribution in [0.15, 0.2) is 23.0 Å². The van der Waals surface area contributed by atoms with E-state index in [9.17, 15) is 4.79 Å². The smallest absolute Gasteiger partial charge is 0.307 e. The third kappa shape index (κ3) is 2.72. The maximum Gasteiger partial charge on any atom is 0.323 e. The second-order valence-electron chi connectivity index (χ2n) is 5.35. The summed E-state index contributed by atoms with van der Waals surface area (Å²) in [4.78, 5) is 16.8. The largest absolute Gasteiger partial charge is 0.323 e. The van der Waals surface area contributed by atoms with Crippen LogP contribution < -0.4 is 11.0 Å². The molecule has 3 unspecified atom stereocenters. The second kappa shape index (κ2) is 5.06. The zero-order valence-electron chi connectivity index (χ0n) is 11.2. The summed E-state index contributed by atoms with van der Waals surface area (Å²) in [7, 11) is 0. The Morgan fingerprint density at radius 1 is 1.37 bits per heavy atom. The quantitative estimate of drug-likeness (QED) is 0.807. The summed E-state index contributed by atoms with van der Waals surface area (Å²) in [6.45, 7) is 4.47. The van der Waals surface area contributed by atoms with Crippen LogP contribution in [0.25, 0.3) is 11.0 Å². The number of aromatic amines is 2. The molecule has 1 saturated heterocycles. The van der Waals surface area contributed by atoms with Gasteiger partial charge < -0.3 is 15.3 Å². The molecule has 0 saturated carbocycles. The van der Waals surface area contributed by atoms with E-state index < -0.39 is 0 Å². The summed E-state index contributed by atoms with van der Waals surface area (Å²) >= 11 is 2.03. The van der Waals surface area contributed by atoms with Gasteiger partial charge in [-0.25, -0.2) is 4.79 Å². The van der Waals surface area contributed by atoms with Crippen LogP contribution in [0, 0.1) is 0 Å². The highest BCUT2D eigenvalue weighted by Gasteiger charge is 2.23. The van der Waals surface area contributed by atoms with Gasteiger partial charge in [0.25, 0.3) is 0 Å². The van der Waals surface area contributed by atoms with Gasteiger partial charge in [-0.15, -0.1) is 0 Å². The molecule has 0 bridgehead atoms. The molecule has 0 spiro atoms. The van der Waals surface area contributed by atoms with Crippen LogP contribution in [0.3, 0.4) is 0 Å². The normalized spacial score (nSPS) is 24.9. The van der Waals surface area contributed by atoms with Crippen molar-refractivity contribution in [1.29, 1.82) is 0 Å². The van der Waals surface area contributed by atoms with E-state index in [1.54, 1.807) is 0 Å². The SMILES string of the molecule is CC1CC(NC(C)c2ccc3[nH]c(=O)[nH]c3c2)CS1. The van der Waals surface area contributed by atoms with Gasteiger partial charge >= 0.3 is 5.69 Å². The van der Waals surface area contributed by atoms with Crippen molar-refractivity contribution in [2.24, 2.45) is 0 Å². The number of thioether (sulfide) groups is 1. The average molecular weight is 277 g/mol. The van der Waals surface area contributed by atoms with Crippen molar-refractivity contribution in [2.45, 2.75) is 37.6 Å². The number of benzene rings is 1. The lowest BCUT2D eigenvalue weighted by Gasteiger charge is -2.19.